The van der Waals surface area contributed by atoms with Gasteiger partial charge in [0, 0.05) is 24.8 Å². The van der Waals surface area contributed by atoms with Crippen LogP contribution in [0.5, 0.6) is 0 Å². The summed E-state index contributed by atoms with van der Waals surface area (Å²) in [6.07, 6.45) is 1.87. The Bertz CT molecular complexity index is 470. The van der Waals surface area contributed by atoms with Gasteiger partial charge in [0.2, 0.25) is 0 Å². The van der Waals surface area contributed by atoms with Gasteiger partial charge >= 0.3 is 0 Å². The number of hydrogen-bond donors (Lipinski definition) is 1. The molecular formula is C9H15N7. The van der Waals surface area contributed by atoms with Crippen LogP contribution in [0, 0.1) is 6.92 Å². The molecule has 0 saturated carbocycles. The van der Waals surface area contributed by atoms with E-state index < -0.39 is 0 Å². The minimum Gasteiger partial charge on any atom is -0.305 e. The molecule has 0 amide bonds. The predicted octanol–water partition coefficient (Wildman–Crippen LogP) is -0.458. The number of nitrogens with zero attached hydrogens (tertiary/aromatic N) is 6. The third-order valence-corrected chi connectivity index (χ3v) is 2.49. The maximum absolute atomic E-state index is 4.17. The van der Waals surface area contributed by atoms with Gasteiger partial charge in [-0.3, -0.25) is 4.68 Å². The van der Waals surface area contributed by atoms with Gasteiger partial charge in [0.05, 0.1) is 19.8 Å². The Balaban J connectivity index is 1.86. The number of nitrogens with one attached hydrogen (secondary N) is 1. The second-order valence-corrected chi connectivity index (χ2v) is 3.68. The zero-order valence-electron chi connectivity index (χ0n) is 9.67. The fraction of sp³-hybridized carbons (Fsp3) is 0.556. The summed E-state index contributed by atoms with van der Waals surface area (Å²) in [4.78, 5) is 1.45. The smallest absolute Gasteiger partial charge is 0.188 e. The summed E-state index contributed by atoms with van der Waals surface area (Å²) >= 11 is 0. The quantitative estimate of drug-likeness (QED) is 0.756. The topological polar surface area (TPSA) is 73.5 Å². The first-order valence-electron chi connectivity index (χ1n) is 5.08. The SMILES string of the molecule is Cc1c(CNCc2nnn(C)n2)cnn1C. The molecule has 7 heteroatoms. The minimum absolute atomic E-state index is 0.613. The lowest BCUT2D eigenvalue weighted by Gasteiger charge is -2.01. The fourth-order valence-electron chi connectivity index (χ4n) is 1.42. The maximum Gasteiger partial charge on any atom is 0.188 e. The highest BCUT2D eigenvalue weighted by molar-refractivity contribution is 5.15. The molecule has 0 atom stereocenters. The van der Waals surface area contributed by atoms with Gasteiger partial charge in [-0.05, 0) is 12.1 Å². The number of tetrazole rings is 1. The Morgan fingerprint density at radius 2 is 2.12 bits per heavy atom. The molecular weight excluding hydrogens is 206 g/mol. The van der Waals surface area contributed by atoms with E-state index in [0.717, 1.165) is 6.54 Å². The van der Waals surface area contributed by atoms with Gasteiger partial charge in [-0.15, -0.1) is 10.2 Å². The molecule has 0 aliphatic carbocycles. The standard InChI is InChI=1S/C9H15N7/c1-7-8(5-11-15(7)2)4-10-6-9-12-14-16(3)13-9/h5,10H,4,6H2,1-3H3. The zero-order chi connectivity index (χ0) is 11.5. The van der Waals surface area contributed by atoms with Crippen LogP contribution >= 0.6 is 0 Å². The van der Waals surface area contributed by atoms with Gasteiger partial charge < -0.3 is 5.32 Å². The monoisotopic (exact) mass is 221 g/mol. The van der Waals surface area contributed by atoms with E-state index in [1.54, 1.807) is 7.05 Å². The molecule has 0 bridgehead atoms. The normalized spacial score (nSPS) is 10.9. The molecule has 1 N–H and O–H groups in total. The summed E-state index contributed by atoms with van der Waals surface area (Å²) in [5.41, 5.74) is 2.35. The van der Waals surface area contributed by atoms with E-state index in [0.29, 0.717) is 12.4 Å². The Hall–Kier alpha value is -1.76. The molecule has 2 aromatic rings. The van der Waals surface area contributed by atoms with Crippen LogP contribution in [0.4, 0.5) is 0 Å². The van der Waals surface area contributed by atoms with E-state index >= 15 is 0 Å². The number of rotatable bonds is 4. The van der Waals surface area contributed by atoms with E-state index in [1.165, 1.54) is 16.1 Å². The van der Waals surface area contributed by atoms with E-state index in [9.17, 15) is 0 Å². The van der Waals surface area contributed by atoms with Crippen LogP contribution < -0.4 is 5.32 Å². The molecule has 2 rings (SSSR count). The lowest BCUT2D eigenvalue weighted by Crippen LogP contribution is -2.14. The fourth-order valence-corrected chi connectivity index (χ4v) is 1.42. The molecule has 0 radical (unpaired) electrons. The Labute approximate surface area is 93.5 Å². The first kappa shape index (κ1) is 10.7. The summed E-state index contributed by atoms with van der Waals surface area (Å²) in [5, 5.41) is 19.2. The molecule has 0 aliphatic heterocycles. The average Bonchev–Trinajstić information content (AvgIpc) is 2.79. The maximum atomic E-state index is 4.17. The van der Waals surface area contributed by atoms with Gasteiger partial charge in [0.25, 0.3) is 0 Å². The first-order chi connectivity index (χ1) is 7.66. The second-order valence-electron chi connectivity index (χ2n) is 3.68. The van der Waals surface area contributed by atoms with Crippen LogP contribution in [0.1, 0.15) is 17.1 Å². The molecule has 0 aliphatic rings. The minimum atomic E-state index is 0.613. The molecule has 0 unspecified atom stereocenters. The van der Waals surface area contributed by atoms with Crippen molar-refractivity contribution < 1.29 is 0 Å². The Morgan fingerprint density at radius 3 is 2.69 bits per heavy atom. The van der Waals surface area contributed by atoms with Crippen molar-refractivity contribution in [1.29, 1.82) is 0 Å². The van der Waals surface area contributed by atoms with Crippen LogP contribution in [0.15, 0.2) is 6.20 Å². The van der Waals surface area contributed by atoms with Crippen LogP contribution in [-0.2, 0) is 27.2 Å². The summed E-state index contributed by atoms with van der Waals surface area (Å²) in [6.45, 7) is 3.42. The molecule has 0 fully saturated rings. The van der Waals surface area contributed by atoms with Crippen LogP contribution in [0.25, 0.3) is 0 Å². The van der Waals surface area contributed by atoms with Crippen LogP contribution in [0.2, 0.25) is 0 Å². The highest BCUT2D eigenvalue weighted by Crippen LogP contribution is 2.04. The molecule has 86 valence electrons. The van der Waals surface area contributed by atoms with Gasteiger partial charge in [-0.25, -0.2) is 0 Å². The van der Waals surface area contributed by atoms with E-state index in [2.05, 4.69) is 25.8 Å². The van der Waals surface area contributed by atoms with Crippen LogP contribution in [-0.4, -0.2) is 30.0 Å². The molecule has 0 aromatic carbocycles. The number of aryl methyl sites for hydroxylation is 2. The third-order valence-electron chi connectivity index (χ3n) is 2.49. The van der Waals surface area contributed by atoms with Crippen molar-refractivity contribution in [2.45, 2.75) is 20.0 Å². The molecule has 2 aromatic heterocycles. The average molecular weight is 221 g/mol. The van der Waals surface area contributed by atoms with E-state index in [-0.39, 0.29) is 0 Å². The van der Waals surface area contributed by atoms with Gasteiger partial charge in [-0.1, -0.05) is 0 Å². The lowest BCUT2D eigenvalue weighted by molar-refractivity contribution is 0.618. The van der Waals surface area contributed by atoms with Crippen molar-refractivity contribution >= 4 is 0 Å². The molecule has 16 heavy (non-hydrogen) atoms. The second kappa shape index (κ2) is 4.40. The molecule has 0 spiro atoms. The van der Waals surface area contributed by atoms with Crippen molar-refractivity contribution in [2.24, 2.45) is 14.1 Å². The highest BCUT2D eigenvalue weighted by atomic mass is 15.6. The summed E-state index contributed by atoms with van der Waals surface area (Å²) in [5.74, 6) is 0.698. The van der Waals surface area contributed by atoms with Crippen LogP contribution in [0.3, 0.4) is 0 Å². The van der Waals surface area contributed by atoms with E-state index in [1.807, 2.05) is 24.9 Å². The van der Waals surface area contributed by atoms with Crippen molar-refractivity contribution in [3.63, 3.8) is 0 Å². The first-order valence-corrected chi connectivity index (χ1v) is 5.08. The summed E-state index contributed by atoms with van der Waals surface area (Å²) in [7, 11) is 3.69. The largest absolute Gasteiger partial charge is 0.305 e. The molecule has 2 heterocycles. The van der Waals surface area contributed by atoms with Gasteiger partial charge in [0.1, 0.15) is 0 Å². The van der Waals surface area contributed by atoms with Crippen molar-refractivity contribution in [3.8, 4) is 0 Å². The molecule has 0 saturated heterocycles. The highest BCUT2D eigenvalue weighted by Gasteiger charge is 2.04. The lowest BCUT2D eigenvalue weighted by atomic mass is 10.2. The molecule has 7 nitrogen and oxygen atoms in total. The van der Waals surface area contributed by atoms with Crippen molar-refractivity contribution in [1.82, 2.24) is 35.3 Å². The predicted molar refractivity (Wildman–Crippen MR) is 57.3 cm³/mol. The Kier molecular flexibility index (Phi) is 2.95. The Morgan fingerprint density at radius 1 is 1.31 bits per heavy atom. The van der Waals surface area contributed by atoms with Crippen molar-refractivity contribution in [3.05, 3.63) is 23.3 Å². The summed E-state index contributed by atoms with van der Waals surface area (Å²) in [6, 6.07) is 0. The van der Waals surface area contributed by atoms with Gasteiger partial charge in [0.15, 0.2) is 5.82 Å². The zero-order valence-corrected chi connectivity index (χ0v) is 9.67. The van der Waals surface area contributed by atoms with Gasteiger partial charge in [-0.2, -0.15) is 9.90 Å². The van der Waals surface area contributed by atoms with Crippen molar-refractivity contribution in [2.75, 3.05) is 0 Å². The summed E-state index contributed by atoms with van der Waals surface area (Å²) < 4.78 is 1.86. The number of hydrogen-bond acceptors (Lipinski definition) is 5. The third kappa shape index (κ3) is 2.25. The number of aromatic nitrogens is 6. The van der Waals surface area contributed by atoms with E-state index in [4.69, 9.17) is 0 Å².